The van der Waals surface area contributed by atoms with Gasteiger partial charge in [-0.25, -0.2) is 0 Å². The van der Waals surface area contributed by atoms with Gasteiger partial charge in [-0.2, -0.15) is 0 Å². The highest BCUT2D eigenvalue weighted by Gasteiger charge is 2.10. The standard InChI is InChI=1S/C10H16N2O2/c1-2-14-7-3-4-10(13)8(5-7)9(12)6-11/h3-5,9,13H,2,6,11-12H2,1H3/t9-/m0/s1. The van der Waals surface area contributed by atoms with E-state index >= 15 is 0 Å². The van der Waals surface area contributed by atoms with Crippen molar-refractivity contribution in [2.45, 2.75) is 13.0 Å². The van der Waals surface area contributed by atoms with Crippen molar-refractivity contribution in [3.8, 4) is 11.5 Å². The molecule has 5 N–H and O–H groups in total. The maximum atomic E-state index is 9.51. The van der Waals surface area contributed by atoms with Crippen LogP contribution in [0.15, 0.2) is 18.2 Å². The molecule has 4 heteroatoms. The summed E-state index contributed by atoms with van der Waals surface area (Å²) in [5.74, 6) is 0.857. The van der Waals surface area contributed by atoms with Crippen LogP contribution in [0.3, 0.4) is 0 Å². The predicted molar refractivity (Wildman–Crippen MR) is 55.3 cm³/mol. The molecular formula is C10H16N2O2. The third kappa shape index (κ3) is 2.37. The lowest BCUT2D eigenvalue weighted by molar-refractivity contribution is 0.338. The van der Waals surface area contributed by atoms with E-state index in [0.29, 0.717) is 24.5 Å². The van der Waals surface area contributed by atoms with Crippen LogP contribution >= 0.6 is 0 Å². The van der Waals surface area contributed by atoms with Gasteiger partial charge in [0.1, 0.15) is 11.5 Å². The minimum Gasteiger partial charge on any atom is -0.508 e. The molecule has 0 aliphatic rings. The van der Waals surface area contributed by atoms with Gasteiger partial charge >= 0.3 is 0 Å². The Balaban J connectivity index is 2.95. The Morgan fingerprint density at radius 3 is 2.79 bits per heavy atom. The van der Waals surface area contributed by atoms with Gasteiger partial charge in [0.15, 0.2) is 0 Å². The maximum Gasteiger partial charge on any atom is 0.120 e. The van der Waals surface area contributed by atoms with Crippen molar-refractivity contribution in [3.05, 3.63) is 23.8 Å². The number of rotatable bonds is 4. The molecule has 0 aliphatic heterocycles. The van der Waals surface area contributed by atoms with Crippen molar-refractivity contribution in [2.24, 2.45) is 11.5 Å². The molecule has 1 atom stereocenters. The number of phenols is 1. The summed E-state index contributed by atoms with van der Waals surface area (Å²) < 4.78 is 5.29. The quantitative estimate of drug-likeness (QED) is 0.663. The Morgan fingerprint density at radius 2 is 2.21 bits per heavy atom. The zero-order chi connectivity index (χ0) is 10.6. The number of benzene rings is 1. The van der Waals surface area contributed by atoms with Gasteiger partial charge in [-0.05, 0) is 25.1 Å². The molecule has 0 unspecified atom stereocenters. The Labute approximate surface area is 83.5 Å². The third-order valence-electron chi connectivity index (χ3n) is 1.96. The predicted octanol–water partition coefficient (Wildman–Crippen LogP) is 0.749. The van der Waals surface area contributed by atoms with E-state index in [0.717, 1.165) is 0 Å². The van der Waals surface area contributed by atoms with E-state index in [1.807, 2.05) is 6.92 Å². The van der Waals surface area contributed by atoms with Crippen molar-refractivity contribution in [1.29, 1.82) is 0 Å². The van der Waals surface area contributed by atoms with Crippen LogP contribution in [-0.4, -0.2) is 18.3 Å². The van der Waals surface area contributed by atoms with E-state index < -0.39 is 0 Å². The zero-order valence-corrected chi connectivity index (χ0v) is 8.23. The molecule has 0 heterocycles. The lowest BCUT2D eigenvalue weighted by Crippen LogP contribution is -2.20. The van der Waals surface area contributed by atoms with Gasteiger partial charge in [0.25, 0.3) is 0 Å². The molecule has 0 aromatic heterocycles. The van der Waals surface area contributed by atoms with Crippen molar-refractivity contribution < 1.29 is 9.84 Å². The third-order valence-corrected chi connectivity index (χ3v) is 1.96. The Hall–Kier alpha value is -1.26. The fraction of sp³-hybridized carbons (Fsp3) is 0.400. The highest BCUT2D eigenvalue weighted by molar-refractivity contribution is 5.41. The highest BCUT2D eigenvalue weighted by Crippen LogP contribution is 2.26. The largest absolute Gasteiger partial charge is 0.508 e. The molecule has 1 aromatic carbocycles. The fourth-order valence-corrected chi connectivity index (χ4v) is 1.21. The monoisotopic (exact) mass is 196 g/mol. The van der Waals surface area contributed by atoms with Gasteiger partial charge in [0.2, 0.25) is 0 Å². The van der Waals surface area contributed by atoms with Gasteiger partial charge in [-0.3, -0.25) is 0 Å². The number of aromatic hydroxyl groups is 1. The summed E-state index contributed by atoms with van der Waals surface area (Å²) in [4.78, 5) is 0. The van der Waals surface area contributed by atoms with Crippen LogP contribution < -0.4 is 16.2 Å². The molecule has 0 saturated carbocycles. The summed E-state index contributed by atoms with van der Waals surface area (Å²) in [6.07, 6.45) is 0. The fourth-order valence-electron chi connectivity index (χ4n) is 1.21. The molecule has 1 aromatic rings. The van der Waals surface area contributed by atoms with Gasteiger partial charge in [-0.1, -0.05) is 0 Å². The number of phenolic OH excluding ortho intramolecular Hbond substituents is 1. The Kier molecular flexibility index (Phi) is 3.73. The minimum absolute atomic E-state index is 0.159. The molecule has 4 nitrogen and oxygen atoms in total. The second kappa shape index (κ2) is 4.83. The van der Waals surface area contributed by atoms with Crippen LogP contribution in [-0.2, 0) is 0 Å². The normalized spacial score (nSPS) is 12.5. The molecule has 0 fully saturated rings. The minimum atomic E-state index is -0.351. The molecule has 0 amide bonds. The molecule has 0 aliphatic carbocycles. The smallest absolute Gasteiger partial charge is 0.120 e. The van der Waals surface area contributed by atoms with Crippen molar-refractivity contribution >= 4 is 0 Å². The number of ether oxygens (including phenoxy) is 1. The van der Waals surface area contributed by atoms with E-state index in [2.05, 4.69) is 0 Å². The lowest BCUT2D eigenvalue weighted by Gasteiger charge is -2.12. The van der Waals surface area contributed by atoms with E-state index in [-0.39, 0.29) is 11.8 Å². The first-order valence-corrected chi connectivity index (χ1v) is 4.60. The average molecular weight is 196 g/mol. The van der Waals surface area contributed by atoms with Gasteiger partial charge < -0.3 is 21.3 Å². The van der Waals surface area contributed by atoms with Crippen LogP contribution in [0, 0.1) is 0 Å². The first-order chi connectivity index (χ1) is 6.69. The lowest BCUT2D eigenvalue weighted by atomic mass is 10.1. The first-order valence-electron chi connectivity index (χ1n) is 4.60. The van der Waals surface area contributed by atoms with Crippen molar-refractivity contribution in [3.63, 3.8) is 0 Å². The molecule has 0 radical (unpaired) electrons. The van der Waals surface area contributed by atoms with Gasteiger partial charge in [0, 0.05) is 18.2 Å². The Bertz CT molecular complexity index is 302. The number of nitrogens with two attached hydrogens (primary N) is 2. The van der Waals surface area contributed by atoms with Crippen LogP contribution in [0.5, 0.6) is 11.5 Å². The van der Waals surface area contributed by atoms with Gasteiger partial charge in [-0.15, -0.1) is 0 Å². The summed E-state index contributed by atoms with van der Waals surface area (Å²) >= 11 is 0. The molecular weight excluding hydrogens is 180 g/mol. The van der Waals surface area contributed by atoms with Crippen molar-refractivity contribution in [1.82, 2.24) is 0 Å². The highest BCUT2D eigenvalue weighted by atomic mass is 16.5. The second-order valence-corrected chi connectivity index (χ2v) is 3.00. The van der Waals surface area contributed by atoms with Gasteiger partial charge in [0.05, 0.1) is 6.61 Å². The molecule has 14 heavy (non-hydrogen) atoms. The topological polar surface area (TPSA) is 81.5 Å². The molecule has 1 rings (SSSR count). The van der Waals surface area contributed by atoms with Crippen LogP contribution in [0.2, 0.25) is 0 Å². The SMILES string of the molecule is CCOc1ccc(O)c([C@@H](N)CN)c1. The first kappa shape index (κ1) is 10.8. The summed E-state index contributed by atoms with van der Waals surface area (Å²) in [5.41, 5.74) is 11.8. The summed E-state index contributed by atoms with van der Waals surface area (Å²) in [6.45, 7) is 2.78. The molecule has 78 valence electrons. The van der Waals surface area contributed by atoms with Crippen LogP contribution in [0.25, 0.3) is 0 Å². The van der Waals surface area contributed by atoms with Crippen molar-refractivity contribution in [2.75, 3.05) is 13.2 Å². The van der Waals surface area contributed by atoms with Crippen LogP contribution in [0.1, 0.15) is 18.5 Å². The number of hydrogen-bond donors (Lipinski definition) is 3. The van der Waals surface area contributed by atoms with E-state index in [1.165, 1.54) is 0 Å². The van der Waals surface area contributed by atoms with E-state index in [9.17, 15) is 5.11 Å². The van der Waals surface area contributed by atoms with E-state index in [4.69, 9.17) is 16.2 Å². The Morgan fingerprint density at radius 1 is 1.50 bits per heavy atom. The molecule has 0 spiro atoms. The molecule has 0 saturated heterocycles. The van der Waals surface area contributed by atoms with E-state index in [1.54, 1.807) is 18.2 Å². The average Bonchev–Trinajstić information content (AvgIpc) is 2.20. The number of hydrogen-bond acceptors (Lipinski definition) is 4. The second-order valence-electron chi connectivity index (χ2n) is 3.00. The summed E-state index contributed by atoms with van der Waals surface area (Å²) in [5, 5.41) is 9.51. The maximum absolute atomic E-state index is 9.51. The molecule has 0 bridgehead atoms. The van der Waals surface area contributed by atoms with Crippen LogP contribution in [0.4, 0.5) is 0 Å². The summed E-state index contributed by atoms with van der Waals surface area (Å²) in [6, 6.07) is 4.63. The summed E-state index contributed by atoms with van der Waals surface area (Å²) in [7, 11) is 0. The zero-order valence-electron chi connectivity index (χ0n) is 8.23.